The Balaban J connectivity index is 2.82. The molecule has 2 heteroatoms. The summed E-state index contributed by atoms with van der Waals surface area (Å²) in [5.41, 5.74) is 1.43. The molecule has 1 rings (SSSR count). The maximum atomic E-state index is 12.1. The summed E-state index contributed by atoms with van der Waals surface area (Å²) in [5.74, 6) is 0.440. The lowest BCUT2D eigenvalue weighted by Gasteiger charge is -2.11. The summed E-state index contributed by atoms with van der Waals surface area (Å²) >= 11 is 0. The molecular formula is C16H22O2. The minimum absolute atomic E-state index is 0.0993. The smallest absolute Gasteiger partial charge is 0.165 e. The van der Waals surface area contributed by atoms with E-state index in [9.17, 15) is 9.59 Å². The predicted octanol–water partition coefficient (Wildman–Crippen LogP) is 4.29. The number of ketones is 2. The summed E-state index contributed by atoms with van der Waals surface area (Å²) in [6.07, 6.45) is 3.16. The number of carbonyl (C=O) groups excluding carboxylic acids is 2. The molecule has 2 nitrogen and oxygen atoms in total. The molecule has 0 saturated heterocycles. The first-order valence-electron chi connectivity index (χ1n) is 6.81. The molecule has 18 heavy (non-hydrogen) atoms. The van der Waals surface area contributed by atoms with Crippen LogP contribution in [0.1, 0.15) is 67.2 Å². The van der Waals surface area contributed by atoms with E-state index >= 15 is 0 Å². The van der Waals surface area contributed by atoms with Crippen molar-refractivity contribution >= 4 is 11.6 Å². The molecule has 0 aliphatic carbocycles. The van der Waals surface area contributed by atoms with E-state index in [0.717, 1.165) is 24.8 Å². The molecular weight excluding hydrogens is 224 g/mol. The standard InChI is InChI=1S/C16H22O2/c1-4-7-15(17)13-8-10-14(11-9-13)16(18)12(5-2)6-3/h8-12H,4-7H2,1-3H3. The Kier molecular flexibility index (Phi) is 5.76. The number of hydrogen-bond acceptors (Lipinski definition) is 2. The number of benzene rings is 1. The topological polar surface area (TPSA) is 34.1 Å². The van der Waals surface area contributed by atoms with E-state index in [2.05, 4.69) is 0 Å². The van der Waals surface area contributed by atoms with E-state index in [1.54, 1.807) is 24.3 Å². The summed E-state index contributed by atoms with van der Waals surface area (Å²) in [7, 11) is 0. The van der Waals surface area contributed by atoms with Crippen molar-refractivity contribution in [3.8, 4) is 0 Å². The largest absolute Gasteiger partial charge is 0.294 e. The average molecular weight is 246 g/mol. The van der Waals surface area contributed by atoms with Gasteiger partial charge in [0.25, 0.3) is 0 Å². The van der Waals surface area contributed by atoms with E-state index in [0.29, 0.717) is 12.0 Å². The molecule has 0 aliphatic rings. The van der Waals surface area contributed by atoms with Crippen molar-refractivity contribution in [1.29, 1.82) is 0 Å². The van der Waals surface area contributed by atoms with Gasteiger partial charge in [-0.2, -0.15) is 0 Å². The van der Waals surface area contributed by atoms with Crippen LogP contribution in [0.2, 0.25) is 0 Å². The van der Waals surface area contributed by atoms with Crippen molar-refractivity contribution in [3.63, 3.8) is 0 Å². The summed E-state index contributed by atoms with van der Waals surface area (Å²) in [6.45, 7) is 6.05. The zero-order chi connectivity index (χ0) is 13.5. The fourth-order valence-corrected chi connectivity index (χ4v) is 2.09. The van der Waals surface area contributed by atoms with Gasteiger partial charge in [0.15, 0.2) is 11.6 Å². The minimum Gasteiger partial charge on any atom is -0.294 e. The van der Waals surface area contributed by atoms with E-state index in [4.69, 9.17) is 0 Å². The van der Waals surface area contributed by atoms with Crippen LogP contribution in [-0.4, -0.2) is 11.6 Å². The predicted molar refractivity (Wildman–Crippen MR) is 74.1 cm³/mol. The highest BCUT2D eigenvalue weighted by Gasteiger charge is 2.16. The maximum Gasteiger partial charge on any atom is 0.165 e. The minimum atomic E-state index is 0.0993. The van der Waals surface area contributed by atoms with Gasteiger partial charge >= 0.3 is 0 Å². The summed E-state index contributed by atoms with van der Waals surface area (Å²) in [5, 5.41) is 0. The van der Waals surface area contributed by atoms with Gasteiger partial charge in [-0.1, -0.05) is 45.0 Å². The third kappa shape index (κ3) is 3.52. The SMILES string of the molecule is CCCC(=O)c1ccc(C(=O)C(CC)CC)cc1. The molecule has 1 aromatic rings. The zero-order valence-corrected chi connectivity index (χ0v) is 11.5. The van der Waals surface area contributed by atoms with Crippen LogP contribution in [0.5, 0.6) is 0 Å². The molecule has 0 fully saturated rings. The van der Waals surface area contributed by atoms with Gasteiger partial charge in [0.1, 0.15) is 0 Å². The fraction of sp³-hybridized carbons (Fsp3) is 0.500. The van der Waals surface area contributed by atoms with Crippen LogP contribution in [0.15, 0.2) is 24.3 Å². The van der Waals surface area contributed by atoms with Crippen LogP contribution in [-0.2, 0) is 0 Å². The molecule has 1 aromatic carbocycles. The number of rotatable bonds is 7. The lowest BCUT2D eigenvalue weighted by Crippen LogP contribution is -2.13. The van der Waals surface area contributed by atoms with E-state index in [1.807, 2.05) is 20.8 Å². The van der Waals surface area contributed by atoms with Crippen molar-refractivity contribution in [2.45, 2.75) is 46.5 Å². The first-order valence-corrected chi connectivity index (χ1v) is 6.81. The highest BCUT2D eigenvalue weighted by atomic mass is 16.1. The van der Waals surface area contributed by atoms with Crippen LogP contribution >= 0.6 is 0 Å². The van der Waals surface area contributed by atoms with E-state index in [1.165, 1.54) is 0 Å². The van der Waals surface area contributed by atoms with Gasteiger partial charge in [-0.25, -0.2) is 0 Å². The van der Waals surface area contributed by atoms with Crippen LogP contribution in [0.4, 0.5) is 0 Å². The van der Waals surface area contributed by atoms with E-state index in [-0.39, 0.29) is 17.5 Å². The second-order valence-electron chi connectivity index (χ2n) is 4.63. The Morgan fingerprint density at radius 1 is 0.944 bits per heavy atom. The fourth-order valence-electron chi connectivity index (χ4n) is 2.09. The molecule has 0 N–H and O–H groups in total. The Labute approximate surface area is 109 Å². The normalized spacial score (nSPS) is 10.7. The van der Waals surface area contributed by atoms with Crippen molar-refractivity contribution in [2.75, 3.05) is 0 Å². The van der Waals surface area contributed by atoms with Crippen molar-refractivity contribution in [3.05, 3.63) is 35.4 Å². The zero-order valence-electron chi connectivity index (χ0n) is 11.5. The third-order valence-corrected chi connectivity index (χ3v) is 3.32. The van der Waals surface area contributed by atoms with Gasteiger partial charge in [0.2, 0.25) is 0 Å². The van der Waals surface area contributed by atoms with Crippen molar-refractivity contribution < 1.29 is 9.59 Å². The Morgan fingerprint density at radius 3 is 1.89 bits per heavy atom. The van der Waals surface area contributed by atoms with Gasteiger partial charge in [0.05, 0.1) is 0 Å². The molecule has 0 heterocycles. The second kappa shape index (κ2) is 7.10. The molecule has 0 unspecified atom stereocenters. The van der Waals surface area contributed by atoms with Crippen molar-refractivity contribution in [1.82, 2.24) is 0 Å². The van der Waals surface area contributed by atoms with Crippen LogP contribution in [0.25, 0.3) is 0 Å². The molecule has 98 valence electrons. The number of Topliss-reactive ketones (excluding diaryl/α,β-unsaturated/α-hetero) is 2. The summed E-state index contributed by atoms with van der Waals surface area (Å²) in [4.78, 5) is 23.8. The number of hydrogen-bond donors (Lipinski definition) is 0. The quantitative estimate of drug-likeness (QED) is 0.673. The van der Waals surface area contributed by atoms with Crippen LogP contribution in [0, 0.1) is 5.92 Å². The highest BCUT2D eigenvalue weighted by molar-refractivity contribution is 6.00. The molecule has 0 spiro atoms. The molecule has 0 bridgehead atoms. The van der Waals surface area contributed by atoms with Gasteiger partial charge in [0, 0.05) is 23.5 Å². The Morgan fingerprint density at radius 2 is 1.44 bits per heavy atom. The van der Waals surface area contributed by atoms with Gasteiger partial charge in [-0.05, 0) is 19.3 Å². The van der Waals surface area contributed by atoms with Crippen LogP contribution < -0.4 is 0 Å². The highest BCUT2D eigenvalue weighted by Crippen LogP contribution is 2.17. The Bertz CT molecular complexity index is 400. The monoisotopic (exact) mass is 246 g/mol. The molecule has 0 atom stereocenters. The molecule has 0 aromatic heterocycles. The lowest BCUT2D eigenvalue weighted by molar-refractivity contribution is 0.0911. The molecule has 0 aliphatic heterocycles. The summed E-state index contributed by atoms with van der Waals surface area (Å²) in [6, 6.07) is 7.11. The Hall–Kier alpha value is -1.44. The first kappa shape index (κ1) is 14.6. The molecule has 0 amide bonds. The van der Waals surface area contributed by atoms with Gasteiger partial charge < -0.3 is 0 Å². The van der Waals surface area contributed by atoms with E-state index < -0.39 is 0 Å². The third-order valence-electron chi connectivity index (χ3n) is 3.32. The van der Waals surface area contributed by atoms with Crippen LogP contribution in [0.3, 0.4) is 0 Å². The second-order valence-corrected chi connectivity index (χ2v) is 4.63. The van der Waals surface area contributed by atoms with Gasteiger partial charge in [-0.3, -0.25) is 9.59 Å². The lowest BCUT2D eigenvalue weighted by atomic mass is 9.92. The van der Waals surface area contributed by atoms with Gasteiger partial charge in [-0.15, -0.1) is 0 Å². The van der Waals surface area contributed by atoms with Crippen molar-refractivity contribution in [2.24, 2.45) is 5.92 Å². The number of carbonyl (C=O) groups is 2. The first-order chi connectivity index (χ1) is 8.63. The molecule has 0 radical (unpaired) electrons. The average Bonchev–Trinajstić information content (AvgIpc) is 2.40. The maximum absolute atomic E-state index is 12.1. The summed E-state index contributed by atoms with van der Waals surface area (Å²) < 4.78 is 0. The molecule has 0 saturated carbocycles.